The van der Waals surface area contributed by atoms with E-state index in [0.29, 0.717) is 4.88 Å². The minimum atomic E-state index is -0.664. The van der Waals surface area contributed by atoms with Crippen molar-refractivity contribution in [1.29, 1.82) is 0 Å². The van der Waals surface area contributed by atoms with E-state index in [-0.39, 0.29) is 10.9 Å². The zero-order valence-corrected chi connectivity index (χ0v) is 11.6. The molecule has 0 aromatic carbocycles. The monoisotopic (exact) mass is 306 g/mol. The molecule has 0 saturated carbocycles. The van der Waals surface area contributed by atoms with Crippen molar-refractivity contribution < 1.29 is 4.79 Å². The number of carbonyl (C=O) groups is 1. The molecule has 3 nitrogen and oxygen atoms in total. The Hall–Kier alpha value is -0.460. The third kappa shape index (κ3) is 3.25. The topological polar surface area (TPSA) is 55.1 Å². The Labute approximate surface area is 106 Å². The molecule has 1 aromatic heterocycles. The zero-order chi connectivity index (χ0) is 11.6. The van der Waals surface area contributed by atoms with Crippen LogP contribution in [0, 0.1) is 0 Å². The lowest BCUT2D eigenvalue weighted by Crippen LogP contribution is -2.51. The van der Waals surface area contributed by atoms with E-state index in [0.717, 1.165) is 3.79 Å². The second-order valence-electron chi connectivity index (χ2n) is 3.55. The maximum absolute atomic E-state index is 11.7. The predicted octanol–water partition coefficient (Wildman–Crippen LogP) is 2.31. The van der Waals surface area contributed by atoms with E-state index in [1.54, 1.807) is 19.9 Å². The molecule has 15 heavy (non-hydrogen) atoms. The molecular weight excluding hydrogens is 296 g/mol. The maximum atomic E-state index is 11.7. The Morgan fingerprint density at radius 2 is 2.20 bits per heavy atom. The smallest absolute Gasteiger partial charge is 0.262 e. The van der Waals surface area contributed by atoms with Crippen LogP contribution in [0.5, 0.6) is 0 Å². The SMILES string of the molecule is CC(C)(NC(=O)c1ccc(Br)s1)C(N)=S. The summed E-state index contributed by atoms with van der Waals surface area (Å²) in [6.07, 6.45) is 0. The van der Waals surface area contributed by atoms with Gasteiger partial charge in [0.2, 0.25) is 0 Å². The number of thiophene rings is 1. The van der Waals surface area contributed by atoms with Crippen LogP contribution < -0.4 is 11.1 Å². The second-order valence-corrected chi connectivity index (χ2v) is 6.45. The van der Waals surface area contributed by atoms with Crippen molar-refractivity contribution in [2.24, 2.45) is 5.73 Å². The lowest BCUT2D eigenvalue weighted by atomic mass is 10.1. The molecule has 6 heteroatoms. The van der Waals surface area contributed by atoms with Gasteiger partial charge in [0.05, 0.1) is 19.2 Å². The molecule has 0 spiro atoms. The Morgan fingerprint density at radius 1 is 1.60 bits per heavy atom. The van der Waals surface area contributed by atoms with Crippen molar-refractivity contribution in [3.05, 3.63) is 20.8 Å². The van der Waals surface area contributed by atoms with E-state index >= 15 is 0 Å². The number of halogens is 1. The van der Waals surface area contributed by atoms with Gasteiger partial charge in [-0.15, -0.1) is 11.3 Å². The Morgan fingerprint density at radius 3 is 2.60 bits per heavy atom. The van der Waals surface area contributed by atoms with Gasteiger partial charge in [-0.25, -0.2) is 0 Å². The number of carbonyl (C=O) groups excluding carboxylic acids is 1. The summed E-state index contributed by atoms with van der Waals surface area (Å²) >= 11 is 9.53. The highest BCUT2D eigenvalue weighted by Gasteiger charge is 2.24. The van der Waals surface area contributed by atoms with E-state index in [4.69, 9.17) is 18.0 Å². The van der Waals surface area contributed by atoms with Crippen LogP contribution in [0.1, 0.15) is 23.5 Å². The largest absolute Gasteiger partial charge is 0.391 e. The summed E-state index contributed by atoms with van der Waals surface area (Å²) in [5.74, 6) is -0.163. The molecule has 1 heterocycles. The Bertz CT molecular complexity index is 401. The first-order chi connectivity index (χ1) is 6.83. The third-order valence-corrected chi connectivity index (χ3v) is 3.97. The minimum Gasteiger partial charge on any atom is -0.391 e. The average molecular weight is 307 g/mol. The summed E-state index contributed by atoms with van der Waals surface area (Å²) in [6.45, 7) is 3.55. The molecule has 0 aliphatic carbocycles. The molecule has 1 rings (SSSR count). The van der Waals surface area contributed by atoms with Crippen molar-refractivity contribution >= 4 is 50.4 Å². The van der Waals surface area contributed by atoms with Gasteiger partial charge >= 0.3 is 0 Å². The molecule has 0 unspecified atom stereocenters. The first kappa shape index (κ1) is 12.6. The first-order valence-corrected chi connectivity index (χ1v) is 6.22. The number of nitrogens with two attached hydrogens (primary N) is 1. The highest BCUT2D eigenvalue weighted by molar-refractivity contribution is 9.11. The summed E-state index contributed by atoms with van der Waals surface area (Å²) in [5.41, 5.74) is 4.85. The molecule has 0 saturated heterocycles. The van der Waals surface area contributed by atoms with Gasteiger partial charge in [-0.2, -0.15) is 0 Å². The molecule has 0 aliphatic heterocycles. The third-order valence-electron chi connectivity index (χ3n) is 1.84. The summed E-state index contributed by atoms with van der Waals surface area (Å²) in [6, 6.07) is 3.58. The summed E-state index contributed by atoms with van der Waals surface area (Å²) in [7, 11) is 0. The number of hydrogen-bond donors (Lipinski definition) is 2. The number of nitrogens with one attached hydrogen (secondary N) is 1. The van der Waals surface area contributed by atoms with Crippen LogP contribution in [0.4, 0.5) is 0 Å². The van der Waals surface area contributed by atoms with Crippen LogP contribution in [0.25, 0.3) is 0 Å². The molecule has 0 atom stereocenters. The van der Waals surface area contributed by atoms with E-state index in [1.807, 2.05) is 6.07 Å². The molecule has 0 fully saturated rings. The number of hydrogen-bond acceptors (Lipinski definition) is 3. The lowest BCUT2D eigenvalue weighted by molar-refractivity contribution is 0.0936. The van der Waals surface area contributed by atoms with Crippen molar-refractivity contribution in [3.63, 3.8) is 0 Å². The van der Waals surface area contributed by atoms with E-state index < -0.39 is 5.54 Å². The molecule has 0 aliphatic rings. The zero-order valence-electron chi connectivity index (χ0n) is 8.33. The number of amides is 1. The van der Waals surface area contributed by atoms with Gasteiger partial charge in [0.15, 0.2) is 0 Å². The van der Waals surface area contributed by atoms with Crippen LogP contribution in [-0.4, -0.2) is 16.4 Å². The van der Waals surface area contributed by atoms with Crippen LogP contribution in [0.2, 0.25) is 0 Å². The fraction of sp³-hybridized carbons (Fsp3) is 0.333. The maximum Gasteiger partial charge on any atom is 0.262 e. The van der Waals surface area contributed by atoms with Crippen molar-refractivity contribution in [3.8, 4) is 0 Å². The summed E-state index contributed by atoms with van der Waals surface area (Å²) in [5, 5.41) is 2.77. The highest BCUT2D eigenvalue weighted by Crippen LogP contribution is 2.22. The lowest BCUT2D eigenvalue weighted by Gasteiger charge is -2.24. The van der Waals surface area contributed by atoms with Crippen LogP contribution in [-0.2, 0) is 0 Å². The van der Waals surface area contributed by atoms with Gasteiger partial charge in [0.25, 0.3) is 5.91 Å². The molecule has 0 radical (unpaired) electrons. The van der Waals surface area contributed by atoms with Crippen molar-refractivity contribution in [2.45, 2.75) is 19.4 Å². The first-order valence-electron chi connectivity index (χ1n) is 4.20. The molecule has 82 valence electrons. The quantitative estimate of drug-likeness (QED) is 0.843. The molecule has 0 bridgehead atoms. The highest BCUT2D eigenvalue weighted by atomic mass is 79.9. The van der Waals surface area contributed by atoms with Gasteiger partial charge in [0, 0.05) is 0 Å². The van der Waals surface area contributed by atoms with Gasteiger partial charge in [0.1, 0.15) is 0 Å². The number of rotatable bonds is 3. The minimum absolute atomic E-state index is 0.163. The number of thiocarbonyl (C=S) groups is 1. The van der Waals surface area contributed by atoms with Crippen molar-refractivity contribution in [2.75, 3.05) is 0 Å². The molecule has 3 N–H and O–H groups in total. The van der Waals surface area contributed by atoms with Crippen LogP contribution in [0.3, 0.4) is 0 Å². The fourth-order valence-electron chi connectivity index (χ4n) is 0.843. The average Bonchev–Trinajstić information content (AvgIpc) is 2.50. The van der Waals surface area contributed by atoms with Gasteiger partial charge in [-0.05, 0) is 41.9 Å². The van der Waals surface area contributed by atoms with Crippen LogP contribution in [0.15, 0.2) is 15.9 Å². The standard InChI is InChI=1S/C9H11BrN2OS2/c1-9(2,8(11)14)12-7(13)5-3-4-6(10)15-5/h3-4H,1-2H3,(H2,11,14)(H,12,13). The Balaban J connectivity index is 2.76. The predicted molar refractivity (Wildman–Crippen MR) is 70.3 cm³/mol. The van der Waals surface area contributed by atoms with Crippen LogP contribution >= 0.6 is 39.5 Å². The summed E-state index contributed by atoms with van der Waals surface area (Å²) < 4.78 is 0.917. The Kier molecular flexibility index (Phi) is 3.86. The van der Waals surface area contributed by atoms with Crippen molar-refractivity contribution in [1.82, 2.24) is 5.32 Å². The normalized spacial score (nSPS) is 11.1. The molecule has 1 amide bonds. The van der Waals surface area contributed by atoms with E-state index in [1.165, 1.54) is 11.3 Å². The fourth-order valence-corrected chi connectivity index (χ4v) is 2.18. The molecule has 1 aromatic rings. The second kappa shape index (κ2) is 4.59. The molecular formula is C9H11BrN2OS2. The van der Waals surface area contributed by atoms with Gasteiger partial charge in [-0.1, -0.05) is 12.2 Å². The van der Waals surface area contributed by atoms with Gasteiger partial charge < -0.3 is 11.1 Å². The van der Waals surface area contributed by atoms with E-state index in [9.17, 15) is 4.79 Å². The van der Waals surface area contributed by atoms with E-state index in [2.05, 4.69) is 21.2 Å². The van der Waals surface area contributed by atoms with Gasteiger partial charge in [-0.3, -0.25) is 4.79 Å². The summed E-state index contributed by atoms with van der Waals surface area (Å²) in [4.78, 5) is 12.6.